The number of aryl methyl sites for hydroxylation is 1. The highest BCUT2D eigenvalue weighted by molar-refractivity contribution is 6.31. The Morgan fingerprint density at radius 3 is 2.72 bits per heavy atom. The third-order valence-electron chi connectivity index (χ3n) is 4.77. The number of likely N-dealkylation sites (N-methyl/N-ethyl adjacent to an activating group) is 1. The molecule has 0 aromatic heterocycles. The summed E-state index contributed by atoms with van der Waals surface area (Å²) in [7, 11) is 1.54. The second-order valence-electron chi connectivity index (χ2n) is 7.13. The summed E-state index contributed by atoms with van der Waals surface area (Å²) in [5, 5.41) is 6.10. The van der Waals surface area contributed by atoms with Gasteiger partial charge in [-0.25, -0.2) is 4.79 Å². The zero-order valence-electron chi connectivity index (χ0n) is 16.5. The molecule has 1 unspecified atom stereocenters. The van der Waals surface area contributed by atoms with Crippen LogP contribution in [-0.2, 0) is 9.59 Å². The van der Waals surface area contributed by atoms with Gasteiger partial charge in [0.1, 0.15) is 6.54 Å². The molecule has 0 saturated heterocycles. The van der Waals surface area contributed by atoms with Gasteiger partial charge < -0.3 is 20.4 Å². The Hall–Kier alpha value is -3.06. The Labute approximate surface area is 174 Å². The Morgan fingerprint density at radius 1 is 1.28 bits per heavy atom. The molecule has 29 heavy (non-hydrogen) atoms. The number of benzene rings is 2. The number of carbonyl (C=O) groups is 3. The van der Waals surface area contributed by atoms with Crippen molar-refractivity contribution in [1.29, 1.82) is 0 Å². The highest BCUT2D eigenvalue weighted by Gasteiger charge is 2.30. The predicted octanol–water partition coefficient (Wildman–Crippen LogP) is 3.88. The molecule has 2 aromatic rings. The molecule has 1 heterocycles. The minimum absolute atomic E-state index is 0.141. The van der Waals surface area contributed by atoms with Crippen molar-refractivity contribution in [3.63, 3.8) is 0 Å². The highest BCUT2D eigenvalue weighted by Crippen LogP contribution is 2.31. The van der Waals surface area contributed by atoms with Crippen molar-refractivity contribution in [2.24, 2.45) is 0 Å². The van der Waals surface area contributed by atoms with E-state index >= 15 is 0 Å². The van der Waals surface area contributed by atoms with Gasteiger partial charge in [0, 0.05) is 30.2 Å². The van der Waals surface area contributed by atoms with Crippen molar-refractivity contribution in [3.05, 3.63) is 53.1 Å². The molecule has 2 N–H and O–H groups in total. The fourth-order valence-electron chi connectivity index (χ4n) is 3.21. The molecule has 3 rings (SSSR count). The topological polar surface area (TPSA) is 81.8 Å². The number of para-hydroxylation sites is 2. The lowest BCUT2D eigenvalue weighted by molar-refractivity contribution is -0.119. The average molecular weight is 415 g/mol. The van der Waals surface area contributed by atoms with Crippen molar-refractivity contribution in [3.8, 4) is 0 Å². The number of hydrogen-bond acceptors (Lipinski definition) is 3. The van der Waals surface area contributed by atoms with Gasteiger partial charge in [0.05, 0.1) is 11.4 Å². The number of halogens is 1. The number of nitrogens with one attached hydrogen (secondary N) is 2. The molecule has 1 aliphatic rings. The first-order chi connectivity index (χ1) is 13.8. The smallest absolute Gasteiger partial charge is 0.322 e. The van der Waals surface area contributed by atoms with E-state index in [2.05, 4.69) is 10.6 Å². The van der Waals surface area contributed by atoms with E-state index < -0.39 is 6.03 Å². The van der Waals surface area contributed by atoms with E-state index in [0.29, 0.717) is 22.1 Å². The maximum atomic E-state index is 13.0. The van der Waals surface area contributed by atoms with Gasteiger partial charge in [-0.1, -0.05) is 29.8 Å². The van der Waals surface area contributed by atoms with Crippen LogP contribution in [0.15, 0.2) is 42.5 Å². The minimum Gasteiger partial charge on any atom is -0.324 e. The van der Waals surface area contributed by atoms with Crippen LogP contribution < -0.4 is 15.5 Å². The molecule has 0 saturated carbocycles. The summed E-state index contributed by atoms with van der Waals surface area (Å²) in [6.45, 7) is 3.55. The molecular formula is C21H23ClN4O3. The number of urea groups is 1. The van der Waals surface area contributed by atoms with Crippen LogP contribution in [0, 0.1) is 6.92 Å². The summed E-state index contributed by atoms with van der Waals surface area (Å²) in [5.41, 5.74) is 2.66. The summed E-state index contributed by atoms with van der Waals surface area (Å²) in [6, 6.07) is 11.6. The van der Waals surface area contributed by atoms with Crippen molar-refractivity contribution in [2.75, 3.05) is 29.1 Å². The van der Waals surface area contributed by atoms with Gasteiger partial charge in [0.25, 0.3) is 0 Å². The molecule has 2 aromatic carbocycles. The maximum absolute atomic E-state index is 13.0. The third kappa shape index (κ3) is 4.68. The normalized spacial score (nSPS) is 15.8. The van der Waals surface area contributed by atoms with Gasteiger partial charge in [-0.2, -0.15) is 0 Å². The first-order valence-corrected chi connectivity index (χ1v) is 9.63. The molecule has 4 amide bonds. The minimum atomic E-state index is -0.428. The molecular weight excluding hydrogens is 392 g/mol. The Kier molecular flexibility index (Phi) is 6.08. The fraction of sp³-hybridized carbons (Fsp3) is 0.286. The SMILES string of the molecule is Cc1ccc(NC(=O)N(C)CC(=O)N2c3ccccc3NC(=O)CC2C)cc1Cl. The molecule has 0 fully saturated rings. The van der Waals surface area contributed by atoms with Gasteiger partial charge >= 0.3 is 6.03 Å². The molecule has 0 radical (unpaired) electrons. The fourth-order valence-corrected chi connectivity index (χ4v) is 3.39. The van der Waals surface area contributed by atoms with Crippen LogP contribution in [0.2, 0.25) is 5.02 Å². The van der Waals surface area contributed by atoms with Gasteiger partial charge in [0.2, 0.25) is 11.8 Å². The zero-order valence-corrected chi connectivity index (χ0v) is 17.3. The van der Waals surface area contributed by atoms with Crippen LogP contribution in [0.25, 0.3) is 0 Å². The quantitative estimate of drug-likeness (QED) is 0.799. The lowest BCUT2D eigenvalue weighted by Gasteiger charge is -2.29. The van der Waals surface area contributed by atoms with Crippen LogP contribution in [0.4, 0.5) is 21.9 Å². The van der Waals surface area contributed by atoms with E-state index in [1.165, 1.54) is 4.90 Å². The number of hydrogen-bond donors (Lipinski definition) is 2. The number of anilines is 3. The van der Waals surface area contributed by atoms with Crippen LogP contribution in [0.3, 0.4) is 0 Å². The van der Waals surface area contributed by atoms with Crippen LogP contribution in [0.1, 0.15) is 18.9 Å². The third-order valence-corrected chi connectivity index (χ3v) is 5.18. The zero-order chi connectivity index (χ0) is 21.1. The second-order valence-corrected chi connectivity index (χ2v) is 7.54. The predicted molar refractivity (Wildman–Crippen MR) is 114 cm³/mol. The van der Waals surface area contributed by atoms with E-state index in [-0.39, 0.29) is 30.8 Å². The molecule has 0 spiro atoms. The number of fused-ring (bicyclic) bond motifs is 1. The summed E-state index contributed by atoms with van der Waals surface area (Å²) in [5.74, 6) is -0.427. The number of carbonyl (C=O) groups excluding carboxylic acids is 3. The first kappa shape index (κ1) is 20.7. The molecule has 152 valence electrons. The molecule has 8 heteroatoms. The van der Waals surface area contributed by atoms with Crippen molar-refractivity contribution >= 4 is 46.5 Å². The lowest BCUT2D eigenvalue weighted by atomic mass is 10.1. The maximum Gasteiger partial charge on any atom is 0.322 e. The number of nitrogens with zero attached hydrogens (tertiary/aromatic N) is 2. The monoisotopic (exact) mass is 414 g/mol. The highest BCUT2D eigenvalue weighted by atomic mass is 35.5. The summed E-state index contributed by atoms with van der Waals surface area (Å²) >= 11 is 6.09. The molecule has 0 aliphatic carbocycles. The average Bonchev–Trinajstić information content (AvgIpc) is 2.78. The first-order valence-electron chi connectivity index (χ1n) is 9.25. The number of amides is 4. The largest absolute Gasteiger partial charge is 0.324 e. The lowest BCUT2D eigenvalue weighted by Crippen LogP contribution is -2.46. The molecule has 7 nitrogen and oxygen atoms in total. The van der Waals surface area contributed by atoms with E-state index in [1.807, 2.05) is 19.9 Å². The Balaban J connectivity index is 1.73. The van der Waals surface area contributed by atoms with E-state index in [4.69, 9.17) is 11.6 Å². The Morgan fingerprint density at radius 2 is 2.00 bits per heavy atom. The molecule has 1 atom stereocenters. The summed E-state index contributed by atoms with van der Waals surface area (Å²) < 4.78 is 0. The van der Waals surface area contributed by atoms with Gasteiger partial charge in [-0.3, -0.25) is 9.59 Å². The standard InChI is InChI=1S/C21H23ClN4O3/c1-13-8-9-15(11-16(13)22)23-21(29)25(3)12-20(28)26-14(2)10-19(27)24-17-6-4-5-7-18(17)26/h4-9,11,14H,10,12H2,1-3H3,(H,23,29)(H,24,27). The van der Waals surface area contributed by atoms with Gasteiger partial charge in [-0.05, 0) is 43.7 Å². The van der Waals surface area contributed by atoms with Crippen molar-refractivity contribution in [1.82, 2.24) is 4.90 Å². The van der Waals surface area contributed by atoms with E-state index in [9.17, 15) is 14.4 Å². The molecule has 1 aliphatic heterocycles. The van der Waals surface area contributed by atoms with Crippen molar-refractivity contribution in [2.45, 2.75) is 26.3 Å². The van der Waals surface area contributed by atoms with Crippen molar-refractivity contribution < 1.29 is 14.4 Å². The van der Waals surface area contributed by atoms with Gasteiger partial charge in [-0.15, -0.1) is 0 Å². The van der Waals surface area contributed by atoms with Crippen LogP contribution >= 0.6 is 11.6 Å². The van der Waals surface area contributed by atoms with Gasteiger partial charge in [0.15, 0.2) is 0 Å². The van der Waals surface area contributed by atoms with E-state index in [0.717, 1.165) is 5.56 Å². The summed E-state index contributed by atoms with van der Waals surface area (Å²) in [4.78, 5) is 40.5. The van der Waals surface area contributed by atoms with Crippen LogP contribution in [-0.4, -0.2) is 42.4 Å². The Bertz CT molecular complexity index is 963. The second kappa shape index (κ2) is 8.53. The van der Waals surface area contributed by atoms with Crippen LogP contribution in [0.5, 0.6) is 0 Å². The molecule has 0 bridgehead atoms. The summed E-state index contributed by atoms with van der Waals surface area (Å²) in [6.07, 6.45) is 0.179. The number of rotatable bonds is 3. The van der Waals surface area contributed by atoms with E-state index in [1.54, 1.807) is 48.3 Å².